The summed E-state index contributed by atoms with van der Waals surface area (Å²) in [7, 11) is 0.900. The molecule has 2 rings (SSSR count). The number of alkyl halides is 4. The summed E-state index contributed by atoms with van der Waals surface area (Å²) in [5.74, 6) is -5.03. The van der Waals surface area contributed by atoms with Crippen LogP contribution in [0.15, 0.2) is 41.3 Å². The molecule has 0 unspecified atom stereocenters. The molecule has 5 nitrogen and oxygen atoms in total. The number of thioether (sulfide) groups is 1. The van der Waals surface area contributed by atoms with Crippen molar-refractivity contribution in [2.45, 2.75) is 24.3 Å². The first-order chi connectivity index (χ1) is 16.0. The van der Waals surface area contributed by atoms with Crippen LogP contribution >= 0.6 is 23.4 Å². The summed E-state index contributed by atoms with van der Waals surface area (Å²) >= 11 is 4.93. The molecule has 188 valence electrons. The number of hydrogen-bond donors (Lipinski definition) is 0. The van der Waals surface area contributed by atoms with Gasteiger partial charge < -0.3 is 4.74 Å². The molecule has 0 fully saturated rings. The molecule has 0 aliphatic heterocycles. The maximum absolute atomic E-state index is 14.6. The van der Waals surface area contributed by atoms with E-state index in [2.05, 4.69) is 0 Å². The lowest BCUT2D eigenvalue weighted by molar-refractivity contribution is -0.0328. The first-order valence-corrected chi connectivity index (χ1v) is 11.0. The van der Waals surface area contributed by atoms with Gasteiger partial charge in [-0.25, -0.2) is 18.0 Å². The van der Waals surface area contributed by atoms with E-state index in [0.29, 0.717) is 15.9 Å². The van der Waals surface area contributed by atoms with Crippen molar-refractivity contribution in [2.75, 3.05) is 31.2 Å². The van der Waals surface area contributed by atoms with Gasteiger partial charge in [0.15, 0.2) is 0 Å². The number of imide groups is 1. The average molecular weight is 531 g/mol. The Labute approximate surface area is 201 Å². The molecule has 0 atom stereocenters. The van der Waals surface area contributed by atoms with E-state index in [-0.39, 0.29) is 12.5 Å². The third kappa shape index (κ3) is 8.10. The number of hydrogen-bond acceptors (Lipinski definition) is 4. The quantitative estimate of drug-likeness (QED) is 0.132. The van der Waals surface area contributed by atoms with Crippen LogP contribution in [0.2, 0.25) is 0 Å². The number of carbonyl (C=O) groups is 2. The summed E-state index contributed by atoms with van der Waals surface area (Å²) < 4.78 is 85.1. The number of nitrogens with zero attached hydrogens (tertiary/aromatic N) is 2. The lowest BCUT2D eigenvalue weighted by atomic mass is 10.1. The van der Waals surface area contributed by atoms with Gasteiger partial charge in [0.25, 0.3) is 5.91 Å². The van der Waals surface area contributed by atoms with Crippen molar-refractivity contribution in [1.82, 2.24) is 4.90 Å². The Morgan fingerprint density at radius 3 is 2.12 bits per heavy atom. The van der Waals surface area contributed by atoms with E-state index < -0.39 is 69.5 Å². The van der Waals surface area contributed by atoms with Crippen LogP contribution in [0.1, 0.15) is 24.2 Å². The summed E-state index contributed by atoms with van der Waals surface area (Å²) in [4.78, 5) is 25.8. The minimum Gasteiger partial charge on any atom is -0.359 e. The first kappa shape index (κ1) is 29.6. The van der Waals surface area contributed by atoms with Crippen LogP contribution in [0, 0.1) is 17.5 Å². The predicted molar refractivity (Wildman–Crippen MR) is 118 cm³/mol. The summed E-state index contributed by atoms with van der Waals surface area (Å²) in [5.41, 5.74) is -6.20. The van der Waals surface area contributed by atoms with Gasteiger partial charge in [-0.3, -0.25) is 14.6 Å². The van der Waals surface area contributed by atoms with Crippen LogP contribution in [-0.2, 0) is 4.74 Å². The van der Waals surface area contributed by atoms with Crippen molar-refractivity contribution >= 4 is 41.0 Å². The highest BCUT2D eigenvalue weighted by molar-refractivity contribution is 8.00. The molecule has 0 spiro atoms. The van der Waals surface area contributed by atoms with Gasteiger partial charge in [0.1, 0.15) is 29.7 Å². The Morgan fingerprint density at radius 2 is 1.62 bits per heavy atom. The molecular weight excluding hydrogens is 510 g/mol. The molecule has 2 aromatic carbocycles. The maximum Gasteiger partial charge on any atom is 0.446 e. The maximum atomic E-state index is 14.6. The lowest BCUT2D eigenvalue weighted by Crippen LogP contribution is -2.46. The van der Waals surface area contributed by atoms with Crippen LogP contribution < -0.4 is 4.90 Å². The molecule has 34 heavy (non-hydrogen) atoms. The molecule has 13 heteroatoms. The first-order valence-electron chi connectivity index (χ1n) is 9.68. The number of ether oxygens (including phenoxy) is 1. The topological polar surface area (TPSA) is 49.9 Å². The van der Waals surface area contributed by atoms with Crippen LogP contribution in [-0.4, -0.2) is 48.6 Å². The molecule has 0 saturated heterocycles. The highest BCUT2D eigenvalue weighted by Gasteiger charge is 2.32. The third-order valence-corrected chi connectivity index (χ3v) is 4.76. The van der Waals surface area contributed by atoms with E-state index in [0.717, 1.165) is 37.4 Å². The third-order valence-electron chi connectivity index (χ3n) is 3.88. The van der Waals surface area contributed by atoms with E-state index in [1.54, 1.807) is 0 Å². The zero-order valence-corrected chi connectivity index (χ0v) is 19.8. The van der Waals surface area contributed by atoms with Crippen molar-refractivity contribution in [3.8, 4) is 0 Å². The van der Waals surface area contributed by atoms with Crippen molar-refractivity contribution in [2.24, 2.45) is 0 Å². The molecule has 0 heterocycles. The molecule has 0 aromatic heterocycles. The molecule has 0 radical (unpaired) electrons. The Balaban J connectivity index is 0.00000281. The van der Waals surface area contributed by atoms with Gasteiger partial charge in [0.05, 0.1) is 12.3 Å². The van der Waals surface area contributed by atoms with Gasteiger partial charge in [0.2, 0.25) is 0 Å². The normalized spacial score (nSPS) is 10.9. The molecule has 0 saturated carbocycles. The van der Waals surface area contributed by atoms with E-state index in [4.69, 9.17) is 16.3 Å². The standard InChI is InChI=1S/C19H15ClF6N2O3S.C2H6/c1-27(17(29)16-12(21)3-2-4-13(16)22)18(30)28(10-31-8-7-20)15-6-5-11(9-14(15)23)32-19(24,25)26;1-2/h2-6,9H,7-8,10H2,1H3;1-2H3. The number of anilines is 1. The van der Waals surface area contributed by atoms with Gasteiger partial charge in [0, 0.05) is 17.8 Å². The van der Waals surface area contributed by atoms with E-state index >= 15 is 0 Å². The SMILES string of the molecule is CC.CN(C(=O)c1c(F)cccc1F)C(=O)N(COCCCl)c1ccc(SC(F)(F)F)cc1F. The fourth-order valence-corrected chi connectivity index (χ4v) is 3.15. The average Bonchev–Trinajstić information content (AvgIpc) is 2.76. The summed E-state index contributed by atoms with van der Waals surface area (Å²) in [6.07, 6.45) is 0. The van der Waals surface area contributed by atoms with Crippen molar-refractivity contribution in [3.63, 3.8) is 0 Å². The van der Waals surface area contributed by atoms with E-state index in [1.807, 2.05) is 13.8 Å². The van der Waals surface area contributed by atoms with E-state index in [9.17, 15) is 35.9 Å². The zero-order chi connectivity index (χ0) is 26.1. The van der Waals surface area contributed by atoms with Gasteiger partial charge in [-0.2, -0.15) is 13.2 Å². The Morgan fingerprint density at radius 1 is 1.03 bits per heavy atom. The van der Waals surface area contributed by atoms with E-state index in [1.165, 1.54) is 0 Å². The number of rotatable bonds is 7. The molecule has 3 amide bonds. The second kappa shape index (κ2) is 13.4. The van der Waals surface area contributed by atoms with Gasteiger partial charge in [-0.15, -0.1) is 11.6 Å². The Hall–Kier alpha value is -2.44. The molecule has 0 aliphatic carbocycles. The minimum atomic E-state index is -4.66. The summed E-state index contributed by atoms with van der Waals surface area (Å²) in [6, 6.07) is 3.74. The van der Waals surface area contributed by atoms with Crippen molar-refractivity contribution < 1.29 is 40.7 Å². The smallest absolute Gasteiger partial charge is 0.359 e. The molecule has 2 aromatic rings. The number of benzene rings is 2. The monoisotopic (exact) mass is 530 g/mol. The van der Waals surface area contributed by atoms with Crippen LogP contribution in [0.5, 0.6) is 0 Å². The fraction of sp³-hybridized carbons (Fsp3) is 0.333. The lowest BCUT2D eigenvalue weighted by Gasteiger charge is -2.27. The second-order valence-electron chi connectivity index (χ2n) is 6.06. The Kier molecular flexibility index (Phi) is 11.7. The molecule has 0 N–H and O–H groups in total. The fourth-order valence-electron chi connectivity index (χ4n) is 2.48. The van der Waals surface area contributed by atoms with Gasteiger partial charge in [-0.05, 0) is 42.1 Å². The molecular formula is C21H21ClF6N2O3S. The van der Waals surface area contributed by atoms with Crippen LogP contribution in [0.4, 0.5) is 36.8 Å². The highest BCUT2D eigenvalue weighted by atomic mass is 35.5. The second-order valence-corrected chi connectivity index (χ2v) is 7.58. The summed E-state index contributed by atoms with van der Waals surface area (Å²) in [6.45, 7) is 3.26. The number of urea groups is 1. The number of halogens is 7. The summed E-state index contributed by atoms with van der Waals surface area (Å²) in [5, 5.41) is 0. The van der Waals surface area contributed by atoms with Crippen molar-refractivity contribution in [1.29, 1.82) is 0 Å². The van der Waals surface area contributed by atoms with Crippen molar-refractivity contribution in [3.05, 3.63) is 59.4 Å². The molecule has 0 bridgehead atoms. The number of carbonyl (C=O) groups excluding carboxylic acids is 2. The minimum absolute atomic E-state index is 0.000874. The Bertz CT molecular complexity index is 973. The van der Waals surface area contributed by atoms with Crippen LogP contribution in [0.25, 0.3) is 0 Å². The number of amides is 3. The predicted octanol–water partition coefficient (Wildman–Crippen LogP) is 6.65. The molecule has 0 aliphatic rings. The highest BCUT2D eigenvalue weighted by Crippen LogP contribution is 2.38. The zero-order valence-electron chi connectivity index (χ0n) is 18.3. The van der Waals surface area contributed by atoms with Gasteiger partial charge >= 0.3 is 11.5 Å². The van der Waals surface area contributed by atoms with Crippen LogP contribution in [0.3, 0.4) is 0 Å². The largest absolute Gasteiger partial charge is 0.446 e. The van der Waals surface area contributed by atoms with Gasteiger partial charge in [-0.1, -0.05) is 19.9 Å².